The molecule has 0 unspecified atom stereocenters. The Morgan fingerprint density at radius 1 is 1.03 bits per heavy atom. The fraction of sp³-hybridized carbons (Fsp3) is 0.292. The van der Waals surface area contributed by atoms with Gasteiger partial charge in [-0.1, -0.05) is 12.1 Å². The fourth-order valence-corrected chi connectivity index (χ4v) is 4.02. The van der Waals surface area contributed by atoms with Crippen LogP contribution in [-0.4, -0.2) is 49.8 Å². The summed E-state index contributed by atoms with van der Waals surface area (Å²) >= 11 is 0. The Morgan fingerprint density at radius 2 is 1.68 bits per heavy atom. The Bertz CT molecular complexity index is 1050. The summed E-state index contributed by atoms with van der Waals surface area (Å²) in [6.07, 6.45) is 3.06. The number of carbonyl (C=O) groups excluding carboxylic acids is 3. The molecule has 0 bridgehead atoms. The van der Waals surface area contributed by atoms with Gasteiger partial charge >= 0.3 is 0 Å². The largest absolute Gasteiger partial charge is 0.493 e. The van der Waals surface area contributed by atoms with Crippen molar-refractivity contribution in [2.45, 2.75) is 19.3 Å². The molecule has 0 aromatic heterocycles. The number of benzene rings is 2. The minimum atomic E-state index is -0.296. The van der Waals surface area contributed by atoms with Crippen molar-refractivity contribution in [3.8, 4) is 11.5 Å². The van der Waals surface area contributed by atoms with Gasteiger partial charge in [-0.2, -0.15) is 0 Å². The first-order valence-corrected chi connectivity index (χ1v) is 10.2. The van der Waals surface area contributed by atoms with Gasteiger partial charge in [-0.25, -0.2) is 0 Å². The van der Waals surface area contributed by atoms with Crippen molar-refractivity contribution < 1.29 is 23.9 Å². The molecule has 0 radical (unpaired) electrons. The Hall–Kier alpha value is -3.61. The molecule has 0 saturated carbocycles. The van der Waals surface area contributed by atoms with Gasteiger partial charge in [-0.15, -0.1) is 0 Å². The number of ether oxygens (including phenoxy) is 2. The van der Waals surface area contributed by atoms with Gasteiger partial charge in [0.15, 0.2) is 17.3 Å². The summed E-state index contributed by atoms with van der Waals surface area (Å²) in [4.78, 5) is 38.7. The Kier molecular flexibility index (Phi) is 5.75. The van der Waals surface area contributed by atoms with E-state index in [1.807, 2.05) is 12.1 Å². The summed E-state index contributed by atoms with van der Waals surface area (Å²) in [7, 11) is 3.17. The van der Waals surface area contributed by atoms with Crippen molar-refractivity contribution in [3.63, 3.8) is 0 Å². The van der Waals surface area contributed by atoms with E-state index in [4.69, 9.17) is 9.47 Å². The van der Waals surface area contributed by atoms with E-state index in [0.29, 0.717) is 29.0 Å². The van der Waals surface area contributed by atoms with E-state index in [9.17, 15) is 14.4 Å². The molecule has 1 N–H and O–H groups in total. The summed E-state index contributed by atoms with van der Waals surface area (Å²) in [5.74, 6) is 0.607. The molecule has 7 nitrogen and oxygen atoms in total. The van der Waals surface area contributed by atoms with Gasteiger partial charge in [0.2, 0.25) is 0 Å². The minimum absolute atomic E-state index is 0.0678. The van der Waals surface area contributed by atoms with Gasteiger partial charge in [0.25, 0.3) is 11.8 Å². The summed E-state index contributed by atoms with van der Waals surface area (Å²) in [6.45, 7) is 0.937. The summed E-state index contributed by atoms with van der Waals surface area (Å²) in [6, 6.07) is 10.6. The lowest BCUT2D eigenvalue weighted by molar-refractivity contribution is -0.114. The minimum Gasteiger partial charge on any atom is -0.493 e. The molecular formula is C24H24N2O5. The quantitative estimate of drug-likeness (QED) is 0.548. The lowest BCUT2D eigenvalue weighted by Gasteiger charge is -2.23. The monoisotopic (exact) mass is 420 g/mol. The molecule has 0 spiro atoms. The molecular weight excluding hydrogens is 396 g/mol. The fourth-order valence-electron chi connectivity index (χ4n) is 4.02. The van der Waals surface area contributed by atoms with Crippen LogP contribution in [0.1, 0.15) is 44.7 Å². The van der Waals surface area contributed by atoms with Crippen LogP contribution in [0.4, 0.5) is 0 Å². The average molecular weight is 420 g/mol. The predicted molar refractivity (Wildman–Crippen MR) is 115 cm³/mol. The second-order valence-corrected chi connectivity index (χ2v) is 7.48. The highest BCUT2D eigenvalue weighted by Gasteiger charge is 2.34. The zero-order chi connectivity index (χ0) is 22.0. The smallest absolute Gasteiger partial charge is 0.261 e. The predicted octanol–water partition coefficient (Wildman–Crippen LogP) is 2.84. The second-order valence-electron chi connectivity index (χ2n) is 7.48. The standard InChI is InChI=1S/C24H24N2O5/c1-30-21-12-15-9-10-25-20(19(15)14-22(21)31-2)13-16(27)6-5-11-26-23(28)17-7-3-4-8-18(17)24(26)29/h3-4,7-8,12-14,25H,5-6,9-11H2,1-2H3/b20-13-. The van der Waals surface area contributed by atoms with Crippen molar-refractivity contribution in [2.24, 2.45) is 0 Å². The molecule has 2 aliphatic rings. The number of hydrogen-bond acceptors (Lipinski definition) is 6. The van der Waals surface area contributed by atoms with Crippen molar-refractivity contribution >= 4 is 23.3 Å². The number of carbonyl (C=O) groups is 3. The third kappa shape index (κ3) is 3.91. The summed E-state index contributed by atoms with van der Waals surface area (Å²) in [5.41, 5.74) is 3.59. The van der Waals surface area contributed by atoms with Gasteiger partial charge < -0.3 is 14.8 Å². The van der Waals surface area contributed by atoms with Crippen molar-refractivity contribution in [1.29, 1.82) is 0 Å². The van der Waals surface area contributed by atoms with Crippen LogP contribution in [0.25, 0.3) is 5.70 Å². The van der Waals surface area contributed by atoms with E-state index in [1.54, 1.807) is 44.6 Å². The highest BCUT2D eigenvalue weighted by Crippen LogP contribution is 2.34. The summed E-state index contributed by atoms with van der Waals surface area (Å²) in [5, 5.41) is 3.28. The number of fused-ring (bicyclic) bond motifs is 2. The number of nitrogens with zero attached hydrogens (tertiary/aromatic N) is 1. The molecule has 2 heterocycles. The van der Waals surface area contributed by atoms with Crippen LogP contribution in [0.3, 0.4) is 0 Å². The topological polar surface area (TPSA) is 84.9 Å². The van der Waals surface area contributed by atoms with Crippen molar-refractivity contribution in [1.82, 2.24) is 10.2 Å². The lowest BCUT2D eigenvalue weighted by atomic mass is 9.96. The maximum absolute atomic E-state index is 12.6. The molecule has 2 aromatic carbocycles. The van der Waals surface area contributed by atoms with Crippen LogP contribution in [0.5, 0.6) is 11.5 Å². The maximum Gasteiger partial charge on any atom is 0.261 e. The second kappa shape index (κ2) is 8.63. The van der Waals surface area contributed by atoms with Crippen LogP contribution in [0.15, 0.2) is 42.5 Å². The Balaban J connectivity index is 1.42. The molecule has 0 fully saturated rings. The number of nitrogens with one attached hydrogen (secondary N) is 1. The zero-order valence-electron chi connectivity index (χ0n) is 17.6. The maximum atomic E-state index is 12.6. The molecule has 2 aliphatic heterocycles. The molecule has 0 aliphatic carbocycles. The first-order valence-electron chi connectivity index (χ1n) is 10.2. The SMILES string of the molecule is COc1cc2c(cc1OC)/C(=C/C(=O)CCCN1C(=O)c3ccccc3C1=O)NCC2. The molecule has 7 heteroatoms. The van der Waals surface area contributed by atoms with Crippen LogP contribution in [-0.2, 0) is 11.2 Å². The number of allylic oxidation sites excluding steroid dienone is 1. The molecule has 2 aromatic rings. The number of rotatable bonds is 7. The number of methoxy groups -OCH3 is 2. The third-order valence-electron chi connectivity index (χ3n) is 5.60. The zero-order valence-corrected chi connectivity index (χ0v) is 17.6. The summed E-state index contributed by atoms with van der Waals surface area (Å²) < 4.78 is 10.8. The number of amides is 2. The lowest BCUT2D eigenvalue weighted by Crippen LogP contribution is -2.31. The Morgan fingerprint density at radius 3 is 2.32 bits per heavy atom. The highest BCUT2D eigenvalue weighted by atomic mass is 16.5. The van der Waals surface area contributed by atoms with E-state index in [1.165, 1.54) is 4.90 Å². The number of imide groups is 1. The molecule has 160 valence electrons. The highest BCUT2D eigenvalue weighted by molar-refractivity contribution is 6.21. The van der Waals surface area contributed by atoms with Gasteiger partial charge in [-0.3, -0.25) is 19.3 Å². The molecule has 0 saturated heterocycles. The van der Waals surface area contributed by atoms with Crippen LogP contribution in [0, 0.1) is 0 Å². The van der Waals surface area contributed by atoms with E-state index in [-0.39, 0.29) is 30.6 Å². The van der Waals surface area contributed by atoms with E-state index in [2.05, 4.69) is 5.32 Å². The van der Waals surface area contributed by atoms with Crippen LogP contribution >= 0.6 is 0 Å². The van der Waals surface area contributed by atoms with Crippen LogP contribution in [0.2, 0.25) is 0 Å². The molecule has 2 amide bonds. The van der Waals surface area contributed by atoms with Crippen molar-refractivity contribution in [2.75, 3.05) is 27.3 Å². The van der Waals surface area contributed by atoms with E-state index >= 15 is 0 Å². The van der Waals surface area contributed by atoms with Gasteiger partial charge in [0.1, 0.15) is 0 Å². The normalized spacial score (nSPS) is 16.1. The number of hydrogen-bond donors (Lipinski definition) is 1. The first kappa shape index (κ1) is 20.7. The van der Waals surface area contributed by atoms with Crippen molar-refractivity contribution in [3.05, 3.63) is 64.7 Å². The van der Waals surface area contributed by atoms with Gasteiger partial charge in [0, 0.05) is 36.8 Å². The van der Waals surface area contributed by atoms with E-state index < -0.39 is 0 Å². The molecule has 4 rings (SSSR count). The van der Waals surface area contributed by atoms with Gasteiger partial charge in [0.05, 0.1) is 25.3 Å². The average Bonchev–Trinajstić information content (AvgIpc) is 3.03. The Labute approximate surface area is 180 Å². The van der Waals surface area contributed by atoms with E-state index in [0.717, 1.165) is 29.8 Å². The van der Waals surface area contributed by atoms with Gasteiger partial charge in [-0.05, 0) is 42.7 Å². The molecule has 31 heavy (non-hydrogen) atoms. The first-order chi connectivity index (χ1) is 15.0. The van der Waals surface area contributed by atoms with Crippen LogP contribution < -0.4 is 14.8 Å². The third-order valence-corrected chi connectivity index (χ3v) is 5.60. The number of ketones is 1. The molecule has 0 atom stereocenters.